The average molecular weight is 229 g/mol. The van der Waals surface area contributed by atoms with Crippen molar-refractivity contribution in [2.24, 2.45) is 11.1 Å². The van der Waals surface area contributed by atoms with E-state index in [1.807, 2.05) is 0 Å². The molecule has 0 aromatic heterocycles. The molecule has 0 fully saturated rings. The maximum absolute atomic E-state index is 5.76. The van der Waals surface area contributed by atoms with Gasteiger partial charge in [0, 0.05) is 13.1 Å². The molecule has 0 atom stereocenters. The van der Waals surface area contributed by atoms with Crippen molar-refractivity contribution in [1.82, 2.24) is 9.80 Å². The molecule has 0 bridgehead atoms. The molecule has 3 nitrogen and oxygen atoms in total. The van der Waals surface area contributed by atoms with E-state index in [2.05, 4.69) is 44.7 Å². The van der Waals surface area contributed by atoms with E-state index in [1.54, 1.807) is 0 Å². The summed E-state index contributed by atoms with van der Waals surface area (Å²) in [5.74, 6) is 0. The molecule has 0 aromatic rings. The molecular formula is C13H31N3. The smallest absolute Gasteiger partial charge is 0.0109 e. The highest BCUT2D eigenvalue weighted by Gasteiger charge is 2.16. The predicted molar refractivity (Wildman–Crippen MR) is 72.7 cm³/mol. The molecule has 16 heavy (non-hydrogen) atoms. The van der Waals surface area contributed by atoms with E-state index in [4.69, 9.17) is 5.73 Å². The van der Waals surface area contributed by atoms with Crippen LogP contribution in [0.25, 0.3) is 0 Å². The van der Waals surface area contributed by atoms with E-state index < -0.39 is 0 Å². The Kier molecular flexibility index (Phi) is 7.98. The summed E-state index contributed by atoms with van der Waals surface area (Å²) in [6.45, 7) is 12.2. The molecule has 98 valence electrons. The molecule has 0 aliphatic heterocycles. The molecule has 0 aliphatic rings. The standard InChI is InChI=1S/C13H31N3/c1-6-8-16(11-10-15(4)5)9-7-13(2,3)12-14/h6-12,14H2,1-5H3. The lowest BCUT2D eigenvalue weighted by Crippen LogP contribution is -2.36. The molecule has 0 aromatic carbocycles. The molecule has 0 aliphatic carbocycles. The predicted octanol–water partition coefficient (Wildman–Crippen LogP) is 1.64. The minimum Gasteiger partial charge on any atom is -0.330 e. The first-order valence-corrected chi connectivity index (χ1v) is 6.48. The van der Waals surface area contributed by atoms with Crippen molar-refractivity contribution in [3.63, 3.8) is 0 Å². The van der Waals surface area contributed by atoms with Gasteiger partial charge in [-0.1, -0.05) is 20.8 Å². The van der Waals surface area contributed by atoms with Gasteiger partial charge in [0.1, 0.15) is 0 Å². The summed E-state index contributed by atoms with van der Waals surface area (Å²) in [4.78, 5) is 4.80. The third-order valence-corrected chi connectivity index (χ3v) is 3.06. The van der Waals surface area contributed by atoms with E-state index >= 15 is 0 Å². The monoisotopic (exact) mass is 229 g/mol. The lowest BCUT2D eigenvalue weighted by molar-refractivity contribution is 0.204. The van der Waals surface area contributed by atoms with Crippen LogP contribution in [-0.4, -0.2) is 56.6 Å². The highest BCUT2D eigenvalue weighted by atomic mass is 15.2. The van der Waals surface area contributed by atoms with E-state index in [0.29, 0.717) is 0 Å². The third-order valence-electron chi connectivity index (χ3n) is 3.06. The molecule has 3 heteroatoms. The second kappa shape index (κ2) is 8.04. The minimum atomic E-state index is 0.282. The Hall–Kier alpha value is -0.120. The molecule has 0 saturated carbocycles. The van der Waals surface area contributed by atoms with E-state index in [-0.39, 0.29) is 5.41 Å². The summed E-state index contributed by atoms with van der Waals surface area (Å²) in [5.41, 5.74) is 6.04. The normalized spacial score (nSPS) is 12.8. The second-order valence-electron chi connectivity index (χ2n) is 5.76. The van der Waals surface area contributed by atoms with Gasteiger partial charge in [0.25, 0.3) is 0 Å². The first-order valence-electron chi connectivity index (χ1n) is 6.48. The largest absolute Gasteiger partial charge is 0.330 e. The SMILES string of the molecule is CCCN(CCN(C)C)CCC(C)(C)CN. The van der Waals surface area contributed by atoms with Crippen molar-refractivity contribution in [2.45, 2.75) is 33.6 Å². The minimum absolute atomic E-state index is 0.282. The fraction of sp³-hybridized carbons (Fsp3) is 1.00. The Labute approximate surface area is 102 Å². The first-order chi connectivity index (χ1) is 7.41. The molecule has 0 heterocycles. The van der Waals surface area contributed by atoms with Crippen LogP contribution in [0.15, 0.2) is 0 Å². The van der Waals surface area contributed by atoms with Crippen LogP contribution in [0.1, 0.15) is 33.6 Å². The average Bonchev–Trinajstić information content (AvgIpc) is 2.22. The lowest BCUT2D eigenvalue weighted by Gasteiger charge is -2.29. The molecule has 0 amide bonds. The van der Waals surface area contributed by atoms with Crippen LogP contribution >= 0.6 is 0 Å². The fourth-order valence-electron chi connectivity index (χ4n) is 1.56. The van der Waals surface area contributed by atoms with Gasteiger partial charge in [0.2, 0.25) is 0 Å². The van der Waals surface area contributed by atoms with Gasteiger partial charge >= 0.3 is 0 Å². The summed E-state index contributed by atoms with van der Waals surface area (Å²) < 4.78 is 0. The van der Waals surface area contributed by atoms with Crippen LogP contribution in [0, 0.1) is 5.41 Å². The third kappa shape index (κ3) is 8.08. The summed E-state index contributed by atoms with van der Waals surface area (Å²) in [6.07, 6.45) is 2.42. The molecule has 0 unspecified atom stereocenters. The van der Waals surface area contributed by atoms with Crippen LogP contribution in [0.5, 0.6) is 0 Å². The second-order valence-corrected chi connectivity index (χ2v) is 5.76. The van der Waals surface area contributed by atoms with E-state index in [0.717, 1.165) is 13.1 Å². The molecule has 0 saturated heterocycles. The van der Waals surface area contributed by atoms with Crippen molar-refractivity contribution in [2.75, 3.05) is 46.8 Å². The van der Waals surface area contributed by atoms with Crippen LogP contribution in [-0.2, 0) is 0 Å². The van der Waals surface area contributed by atoms with Crippen LogP contribution in [0.4, 0.5) is 0 Å². The van der Waals surface area contributed by atoms with Gasteiger partial charge in [-0.3, -0.25) is 0 Å². The number of rotatable bonds is 9. The van der Waals surface area contributed by atoms with Gasteiger partial charge in [0.05, 0.1) is 0 Å². The van der Waals surface area contributed by atoms with E-state index in [1.165, 1.54) is 32.5 Å². The van der Waals surface area contributed by atoms with Gasteiger partial charge in [-0.05, 0) is 52.0 Å². The highest BCUT2D eigenvalue weighted by molar-refractivity contribution is 4.72. The van der Waals surface area contributed by atoms with Crippen molar-refractivity contribution in [1.29, 1.82) is 0 Å². The van der Waals surface area contributed by atoms with Gasteiger partial charge < -0.3 is 15.5 Å². The summed E-state index contributed by atoms with van der Waals surface area (Å²) in [6, 6.07) is 0. The van der Waals surface area contributed by atoms with Crippen molar-refractivity contribution >= 4 is 0 Å². The molecular weight excluding hydrogens is 198 g/mol. The Morgan fingerprint density at radius 1 is 1.00 bits per heavy atom. The molecule has 0 radical (unpaired) electrons. The van der Waals surface area contributed by atoms with Gasteiger partial charge in [-0.15, -0.1) is 0 Å². The van der Waals surface area contributed by atoms with Crippen LogP contribution in [0.3, 0.4) is 0 Å². The molecule has 0 spiro atoms. The number of hydrogen-bond acceptors (Lipinski definition) is 3. The Bertz CT molecular complexity index is 167. The van der Waals surface area contributed by atoms with Gasteiger partial charge in [0.15, 0.2) is 0 Å². The zero-order chi connectivity index (χ0) is 12.6. The first kappa shape index (κ1) is 15.9. The fourth-order valence-corrected chi connectivity index (χ4v) is 1.56. The Morgan fingerprint density at radius 2 is 1.62 bits per heavy atom. The summed E-state index contributed by atoms with van der Waals surface area (Å²) in [5, 5.41) is 0. The Balaban J connectivity index is 3.93. The number of nitrogens with zero attached hydrogens (tertiary/aromatic N) is 2. The highest BCUT2D eigenvalue weighted by Crippen LogP contribution is 2.18. The van der Waals surface area contributed by atoms with Gasteiger partial charge in [-0.25, -0.2) is 0 Å². The maximum atomic E-state index is 5.76. The quantitative estimate of drug-likeness (QED) is 0.652. The number of likely N-dealkylation sites (N-methyl/N-ethyl adjacent to an activating group) is 1. The summed E-state index contributed by atoms with van der Waals surface area (Å²) >= 11 is 0. The van der Waals surface area contributed by atoms with Crippen LogP contribution < -0.4 is 5.73 Å². The number of hydrogen-bond donors (Lipinski definition) is 1. The summed E-state index contributed by atoms with van der Waals surface area (Å²) in [7, 11) is 4.27. The number of nitrogens with two attached hydrogens (primary N) is 1. The Morgan fingerprint density at radius 3 is 2.06 bits per heavy atom. The van der Waals surface area contributed by atoms with E-state index in [9.17, 15) is 0 Å². The van der Waals surface area contributed by atoms with Crippen molar-refractivity contribution in [3.05, 3.63) is 0 Å². The maximum Gasteiger partial charge on any atom is 0.0109 e. The topological polar surface area (TPSA) is 32.5 Å². The molecule has 2 N–H and O–H groups in total. The van der Waals surface area contributed by atoms with Crippen molar-refractivity contribution in [3.8, 4) is 0 Å². The molecule has 0 rings (SSSR count). The van der Waals surface area contributed by atoms with Crippen molar-refractivity contribution < 1.29 is 0 Å². The zero-order valence-electron chi connectivity index (χ0n) is 11.9. The van der Waals surface area contributed by atoms with Crippen LogP contribution in [0.2, 0.25) is 0 Å². The lowest BCUT2D eigenvalue weighted by atomic mass is 9.89. The van der Waals surface area contributed by atoms with Gasteiger partial charge in [-0.2, -0.15) is 0 Å². The zero-order valence-corrected chi connectivity index (χ0v) is 11.9.